The number of nitrogens with zero attached hydrogens (tertiary/aromatic N) is 1. The second-order valence-electron chi connectivity index (χ2n) is 7.21. The van der Waals surface area contributed by atoms with Crippen molar-refractivity contribution in [2.45, 2.75) is 37.6 Å². The fourth-order valence-corrected chi connectivity index (χ4v) is 4.03. The summed E-state index contributed by atoms with van der Waals surface area (Å²) >= 11 is 0. The largest absolute Gasteiger partial charge is 0.379 e. The molecule has 2 N–H and O–H groups in total. The van der Waals surface area contributed by atoms with Crippen LogP contribution in [0.15, 0.2) is 30.3 Å². The first-order valence-electron chi connectivity index (χ1n) is 9.62. The Balaban J connectivity index is 1.50. The number of carbonyl (C=O) groups excluding carboxylic acids is 2. The summed E-state index contributed by atoms with van der Waals surface area (Å²) < 4.78 is 5.49. The topological polar surface area (TPSA) is 70.7 Å². The first-order chi connectivity index (χ1) is 12.7. The van der Waals surface area contributed by atoms with Crippen LogP contribution in [0.2, 0.25) is 0 Å². The Hall–Kier alpha value is -1.92. The van der Waals surface area contributed by atoms with Gasteiger partial charge in [0.25, 0.3) is 5.91 Å². The maximum absolute atomic E-state index is 12.3. The molecule has 2 fully saturated rings. The number of ether oxygens (including phenoxy) is 1. The third-order valence-corrected chi connectivity index (χ3v) is 5.53. The van der Waals surface area contributed by atoms with Gasteiger partial charge in [-0.25, -0.2) is 0 Å². The number of carbonyl (C=O) groups is 2. The maximum Gasteiger partial charge on any atom is 0.251 e. The molecule has 1 aromatic rings. The van der Waals surface area contributed by atoms with E-state index in [-0.39, 0.29) is 23.9 Å². The van der Waals surface area contributed by atoms with Crippen molar-refractivity contribution in [1.82, 2.24) is 15.5 Å². The maximum atomic E-state index is 12.3. The number of nitrogens with one attached hydrogen (secondary N) is 2. The molecule has 142 valence electrons. The third-order valence-electron chi connectivity index (χ3n) is 5.53. The van der Waals surface area contributed by atoms with Gasteiger partial charge in [-0.05, 0) is 25.0 Å². The highest BCUT2D eigenvalue weighted by Crippen LogP contribution is 2.33. The van der Waals surface area contributed by atoms with E-state index >= 15 is 0 Å². The SMILES string of the molecule is O=C(CNC(=O)c1ccccc1)NCC1(N2CCOCC2)CCCCC1. The smallest absolute Gasteiger partial charge is 0.251 e. The second-order valence-corrected chi connectivity index (χ2v) is 7.21. The molecule has 1 saturated carbocycles. The van der Waals surface area contributed by atoms with Gasteiger partial charge in [0.05, 0.1) is 19.8 Å². The molecule has 1 saturated heterocycles. The van der Waals surface area contributed by atoms with Crippen LogP contribution < -0.4 is 10.6 Å². The minimum Gasteiger partial charge on any atom is -0.379 e. The number of hydrogen-bond donors (Lipinski definition) is 2. The van der Waals surface area contributed by atoms with Crippen LogP contribution in [0.4, 0.5) is 0 Å². The molecule has 0 radical (unpaired) electrons. The first-order valence-corrected chi connectivity index (χ1v) is 9.62. The average molecular weight is 359 g/mol. The molecule has 2 amide bonds. The van der Waals surface area contributed by atoms with Crippen LogP contribution in [0.25, 0.3) is 0 Å². The van der Waals surface area contributed by atoms with E-state index < -0.39 is 0 Å². The van der Waals surface area contributed by atoms with Gasteiger partial charge in [0.2, 0.25) is 5.91 Å². The summed E-state index contributed by atoms with van der Waals surface area (Å²) in [7, 11) is 0. The van der Waals surface area contributed by atoms with E-state index in [0.717, 1.165) is 39.1 Å². The molecule has 0 unspecified atom stereocenters. The van der Waals surface area contributed by atoms with Crippen LogP contribution >= 0.6 is 0 Å². The standard InChI is InChI=1S/C20H29N3O3/c24-18(15-21-19(25)17-7-3-1-4-8-17)22-16-20(9-5-2-6-10-20)23-11-13-26-14-12-23/h1,3-4,7-8H,2,5-6,9-16H2,(H,21,25)(H,22,24). The van der Waals surface area contributed by atoms with E-state index in [0.29, 0.717) is 12.1 Å². The highest BCUT2D eigenvalue weighted by Gasteiger charge is 2.38. The molecule has 1 aliphatic carbocycles. The monoisotopic (exact) mass is 359 g/mol. The van der Waals surface area contributed by atoms with Gasteiger partial charge in [0, 0.05) is 30.7 Å². The molecule has 26 heavy (non-hydrogen) atoms. The summed E-state index contributed by atoms with van der Waals surface area (Å²) in [6, 6.07) is 8.96. The molecular weight excluding hydrogens is 330 g/mol. The number of amides is 2. The van der Waals surface area contributed by atoms with Gasteiger partial charge in [-0.1, -0.05) is 37.5 Å². The van der Waals surface area contributed by atoms with Crippen molar-refractivity contribution in [1.29, 1.82) is 0 Å². The van der Waals surface area contributed by atoms with Gasteiger partial charge in [0.15, 0.2) is 0 Å². The first kappa shape index (κ1) is 18.9. The average Bonchev–Trinajstić information content (AvgIpc) is 2.72. The van der Waals surface area contributed by atoms with Crippen molar-refractivity contribution in [2.24, 2.45) is 0 Å². The summed E-state index contributed by atoms with van der Waals surface area (Å²) in [5, 5.41) is 5.76. The second kappa shape index (κ2) is 9.14. The van der Waals surface area contributed by atoms with Gasteiger partial charge in [-0.15, -0.1) is 0 Å². The Kier molecular flexibility index (Phi) is 6.63. The number of hydrogen-bond acceptors (Lipinski definition) is 4. The van der Waals surface area contributed by atoms with Crippen LogP contribution in [0.5, 0.6) is 0 Å². The molecule has 1 aromatic carbocycles. The minimum atomic E-state index is -0.221. The minimum absolute atomic E-state index is 0.00686. The zero-order chi connectivity index (χ0) is 18.2. The molecule has 2 aliphatic rings. The van der Waals surface area contributed by atoms with Crippen LogP contribution in [0, 0.1) is 0 Å². The Morgan fingerprint density at radius 3 is 2.38 bits per heavy atom. The van der Waals surface area contributed by atoms with Crippen molar-refractivity contribution in [3.8, 4) is 0 Å². The van der Waals surface area contributed by atoms with Gasteiger partial charge in [-0.3, -0.25) is 14.5 Å². The normalized spacial score (nSPS) is 20.3. The Bertz CT molecular complexity index is 594. The Morgan fingerprint density at radius 2 is 1.69 bits per heavy atom. The van der Waals surface area contributed by atoms with Crippen LogP contribution in [0.3, 0.4) is 0 Å². The zero-order valence-electron chi connectivity index (χ0n) is 15.3. The lowest BCUT2D eigenvalue weighted by molar-refractivity contribution is -0.121. The highest BCUT2D eigenvalue weighted by atomic mass is 16.5. The van der Waals surface area contributed by atoms with Gasteiger partial charge >= 0.3 is 0 Å². The molecule has 6 nitrogen and oxygen atoms in total. The van der Waals surface area contributed by atoms with Crippen LogP contribution in [0.1, 0.15) is 42.5 Å². The van der Waals surface area contributed by atoms with E-state index in [4.69, 9.17) is 4.74 Å². The predicted octanol–water partition coefficient (Wildman–Crippen LogP) is 1.57. The fraction of sp³-hybridized carbons (Fsp3) is 0.600. The van der Waals surface area contributed by atoms with E-state index in [1.54, 1.807) is 12.1 Å². The van der Waals surface area contributed by atoms with E-state index in [1.165, 1.54) is 19.3 Å². The zero-order valence-corrected chi connectivity index (χ0v) is 15.3. The van der Waals surface area contributed by atoms with Crippen molar-refractivity contribution in [2.75, 3.05) is 39.4 Å². The van der Waals surface area contributed by atoms with Crippen molar-refractivity contribution < 1.29 is 14.3 Å². The quantitative estimate of drug-likeness (QED) is 0.809. The summed E-state index contributed by atoms with van der Waals surface area (Å²) in [5.74, 6) is -0.353. The van der Waals surface area contributed by atoms with Crippen molar-refractivity contribution in [3.05, 3.63) is 35.9 Å². The van der Waals surface area contributed by atoms with E-state index in [2.05, 4.69) is 15.5 Å². The van der Waals surface area contributed by atoms with Gasteiger partial charge in [0.1, 0.15) is 0 Å². The number of rotatable bonds is 6. The molecule has 0 aromatic heterocycles. The van der Waals surface area contributed by atoms with Crippen molar-refractivity contribution >= 4 is 11.8 Å². The van der Waals surface area contributed by atoms with Crippen molar-refractivity contribution in [3.63, 3.8) is 0 Å². The molecule has 3 rings (SSSR count). The van der Waals surface area contributed by atoms with E-state index in [9.17, 15) is 9.59 Å². The lowest BCUT2D eigenvalue weighted by Gasteiger charge is -2.48. The number of morpholine rings is 1. The fourth-order valence-electron chi connectivity index (χ4n) is 4.03. The molecule has 1 heterocycles. The molecule has 0 bridgehead atoms. The summed E-state index contributed by atoms with van der Waals surface area (Å²) in [6.07, 6.45) is 5.91. The van der Waals surface area contributed by atoms with Crippen LogP contribution in [-0.4, -0.2) is 61.6 Å². The number of benzene rings is 1. The highest BCUT2D eigenvalue weighted by molar-refractivity contribution is 5.96. The van der Waals surface area contributed by atoms with E-state index in [1.807, 2.05) is 18.2 Å². The molecule has 0 atom stereocenters. The summed E-state index contributed by atoms with van der Waals surface area (Å²) in [5.41, 5.74) is 0.610. The molecule has 6 heteroatoms. The molecule has 0 spiro atoms. The summed E-state index contributed by atoms with van der Waals surface area (Å²) in [6.45, 7) is 4.05. The lowest BCUT2D eigenvalue weighted by Crippen LogP contribution is -2.60. The third kappa shape index (κ3) is 4.83. The van der Waals surface area contributed by atoms with Gasteiger partial charge < -0.3 is 15.4 Å². The van der Waals surface area contributed by atoms with Gasteiger partial charge in [-0.2, -0.15) is 0 Å². The molecule has 1 aliphatic heterocycles. The Morgan fingerprint density at radius 1 is 1.00 bits per heavy atom. The lowest BCUT2D eigenvalue weighted by atomic mass is 9.79. The summed E-state index contributed by atoms with van der Waals surface area (Å²) in [4.78, 5) is 26.8. The predicted molar refractivity (Wildman–Crippen MR) is 100.0 cm³/mol. The van der Waals surface area contributed by atoms with Crippen LogP contribution in [-0.2, 0) is 9.53 Å². The Labute approximate surface area is 155 Å². The molecular formula is C20H29N3O3.